The molecule has 0 aromatic rings. The molecule has 0 aromatic carbocycles. The molecular weight excluding hydrogens is 176 g/mol. The summed E-state index contributed by atoms with van der Waals surface area (Å²) >= 11 is 0. The van der Waals surface area contributed by atoms with Crippen molar-refractivity contribution in [1.29, 1.82) is 5.26 Å². The molecule has 3 heteroatoms. The SMILES string of the molecule is N#CCCCNC1CCCCCC1O. The van der Waals surface area contributed by atoms with Crippen molar-refractivity contribution in [3.8, 4) is 6.07 Å². The molecule has 2 unspecified atom stereocenters. The van der Waals surface area contributed by atoms with Gasteiger partial charge in [0.25, 0.3) is 0 Å². The first kappa shape index (κ1) is 11.5. The maximum atomic E-state index is 9.78. The molecule has 2 atom stereocenters. The summed E-state index contributed by atoms with van der Waals surface area (Å²) in [7, 11) is 0. The predicted molar refractivity (Wildman–Crippen MR) is 55.7 cm³/mol. The van der Waals surface area contributed by atoms with Gasteiger partial charge in [-0.3, -0.25) is 0 Å². The molecule has 1 aliphatic carbocycles. The maximum Gasteiger partial charge on any atom is 0.0693 e. The fourth-order valence-corrected chi connectivity index (χ4v) is 1.98. The van der Waals surface area contributed by atoms with Gasteiger partial charge in [-0.05, 0) is 25.8 Å². The lowest BCUT2D eigenvalue weighted by Gasteiger charge is -2.21. The number of nitrogens with one attached hydrogen (secondary N) is 1. The van der Waals surface area contributed by atoms with Crippen LogP contribution in [0.25, 0.3) is 0 Å². The molecule has 14 heavy (non-hydrogen) atoms. The lowest BCUT2D eigenvalue weighted by atomic mass is 10.1. The minimum absolute atomic E-state index is 0.181. The Kier molecular flexibility index (Phi) is 5.58. The first-order valence-corrected chi connectivity index (χ1v) is 5.63. The number of hydrogen-bond acceptors (Lipinski definition) is 3. The van der Waals surface area contributed by atoms with Gasteiger partial charge in [0.15, 0.2) is 0 Å². The van der Waals surface area contributed by atoms with Crippen LogP contribution in [0.5, 0.6) is 0 Å². The molecule has 0 radical (unpaired) electrons. The van der Waals surface area contributed by atoms with Crippen molar-refractivity contribution in [2.45, 2.75) is 57.1 Å². The van der Waals surface area contributed by atoms with E-state index in [4.69, 9.17) is 5.26 Å². The Balaban J connectivity index is 2.17. The lowest BCUT2D eigenvalue weighted by Crippen LogP contribution is -2.39. The van der Waals surface area contributed by atoms with Crippen molar-refractivity contribution in [3.63, 3.8) is 0 Å². The molecule has 2 N–H and O–H groups in total. The van der Waals surface area contributed by atoms with E-state index in [2.05, 4.69) is 11.4 Å². The summed E-state index contributed by atoms with van der Waals surface area (Å²) in [5.41, 5.74) is 0. The van der Waals surface area contributed by atoms with E-state index in [0.717, 1.165) is 32.2 Å². The zero-order valence-corrected chi connectivity index (χ0v) is 8.71. The van der Waals surface area contributed by atoms with Crippen LogP contribution in [0.2, 0.25) is 0 Å². The van der Waals surface area contributed by atoms with Gasteiger partial charge in [0.2, 0.25) is 0 Å². The minimum Gasteiger partial charge on any atom is -0.392 e. The van der Waals surface area contributed by atoms with Crippen LogP contribution in [-0.2, 0) is 0 Å². The van der Waals surface area contributed by atoms with Crippen LogP contribution in [0.4, 0.5) is 0 Å². The Bertz CT molecular complexity index is 188. The highest BCUT2D eigenvalue weighted by molar-refractivity contribution is 4.79. The second kappa shape index (κ2) is 6.80. The second-order valence-electron chi connectivity index (χ2n) is 4.03. The monoisotopic (exact) mass is 196 g/mol. The molecule has 1 fully saturated rings. The third-order valence-electron chi connectivity index (χ3n) is 2.85. The van der Waals surface area contributed by atoms with Gasteiger partial charge >= 0.3 is 0 Å². The first-order chi connectivity index (χ1) is 6.84. The Morgan fingerprint density at radius 1 is 1.29 bits per heavy atom. The fourth-order valence-electron chi connectivity index (χ4n) is 1.98. The molecule has 0 saturated heterocycles. The molecule has 80 valence electrons. The molecule has 0 amide bonds. The number of hydrogen-bond donors (Lipinski definition) is 2. The molecule has 0 spiro atoms. The summed E-state index contributed by atoms with van der Waals surface area (Å²) in [5.74, 6) is 0. The average Bonchev–Trinajstić information content (AvgIpc) is 2.39. The van der Waals surface area contributed by atoms with Crippen LogP contribution >= 0.6 is 0 Å². The molecular formula is C11H20N2O. The first-order valence-electron chi connectivity index (χ1n) is 5.63. The summed E-state index contributed by atoms with van der Waals surface area (Å²) in [6, 6.07) is 2.39. The quantitative estimate of drug-likeness (QED) is 0.530. The highest BCUT2D eigenvalue weighted by Gasteiger charge is 2.20. The van der Waals surface area contributed by atoms with E-state index in [-0.39, 0.29) is 12.1 Å². The predicted octanol–water partition coefficient (Wildman–Crippen LogP) is 1.57. The number of aliphatic hydroxyl groups excluding tert-OH is 1. The zero-order valence-electron chi connectivity index (χ0n) is 8.71. The van der Waals surface area contributed by atoms with Gasteiger partial charge in [0.1, 0.15) is 0 Å². The second-order valence-corrected chi connectivity index (χ2v) is 4.03. The molecule has 1 saturated carbocycles. The minimum atomic E-state index is -0.181. The topological polar surface area (TPSA) is 56.0 Å². The molecule has 1 aliphatic rings. The van der Waals surface area contributed by atoms with E-state index < -0.39 is 0 Å². The fraction of sp³-hybridized carbons (Fsp3) is 0.909. The van der Waals surface area contributed by atoms with Gasteiger partial charge < -0.3 is 10.4 Å². The van der Waals surface area contributed by atoms with Crippen molar-refractivity contribution in [2.24, 2.45) is 0 Å². The standard InChI is InChI=1S/C11H20N2O/c12-8-4-5-9-13-10-6-2-1-3-7-11(10)14/h10-11,13-14H,1-7,9H2. The third-order valence-corrected chi connectivity index (χ3v) is 2.85. The molecule has 0 aromatic heterocycles. The highest BCUT2D eigenvalue weighted by Crippen LogP contribution is 2.17. The van der Waals surface area contributed by atoms with Gasteiger partial charge in [-0.2, -0.15) is 5.26 Å². The normalized spacial score (nSPS) is 28.0. The number of nitrogens with zero attached hydrogens (tertiary/aromatic N) is 1. The summed E-state index contributed by atoms with van der Waals surface area (Å²) in [6.45, 7) is 0.856. The number of nitriles is 1. The van der Waals surface area contributed by atoms with E-state index in [1.165, 1.54) is 12.8 Å². The van der Waals surface area contributed by atoms with E-state index in [0.29, 0.717) is 6.42 Å². The largest absolute Gasteiger partial charge is 0.392 e. The molecule has 0 aliphatic heterocycles. The van der Waals surface area contributed by atoms with Crippen LogP contribution in [0.15, 0.2) is 0 Å². The Hall–Kier alpha value is -0.590. The van der Waals surface area contributed by atoms with Crippen LogP contribution < -0.4 is 5.32 Å². The number of unbranched alkanes of at least 4 members (excludes halogenated alkanes) is 1. The van der Waals surface area contributed by atoms with Crippen LogP contribution in [0.3, 0.4) is 0 Å². The van der Waals surface area contributed by atoms with Crippen molar-refractivity contribution in [1.82, 2.24) is 5.32 Å². The summed E-state index contributed by atoms with van der Waals surface area (Å²) in [6.07, 6.45) is 6.93. The summed E-state index contributed by atoms with van der Waals surface area (Å²) in [4.78, 5) is 0. The zero-order chi connectivity index (χ0) is 10.2. The third kappa shape index (κ3) is 4.08. The molecule has 0 heterocycles. The van der Waals surface area contributed by atoms with E-state index in [1.807, 2.05) is 0 Å². The van der Waals surface area contributed by atoms with Gasteiger partial charge in [-0.25, -0.2) is 0 Å². The molecule has 0 bridgehead atoms. The van der Waals surface area contributed by atoms with Crippen molar-refractivity contribution < 1.29 is 5.11 Å². The maximum absolute atomic E-state index is 9.78. The Labute approximate surface area is 86.1 Å². The van der Waals surface area contributed by atoms with Crippen LogP contribution in [0.1, 0.15) is 44.9 Å². The number of aliphatic hydroxyl groups is 1. The lowest BCUT2D eigenvalue weighted by molar-refractivity contribution is 0.120. The molecule has 1 rings (SSSR count). The van der Waals surface area contributed by atoms with Gasteiger partial charge in [0.05, 0.1) is 12.2 Å². The van der Waals surface area contributed by atoms with Crippen molar-refractivity contribution in [2.75, 3.05) is 6.54 Å². The van der Waals surface area contributed by atoms with Crippen LogP contribution in [0, 0.1) is 11.3 Å². The van der Waals surface area contributed by atoms with Crippen molar-refractivity contribution >= 4 is 0 Å². The van der Waals surface area contributed by atoms with E-state index in [1.54, 1.807) is 0 Å². The van der Waals surface area contributed by atoms with E-state index >= 15 is 0 Å². The van der Waals surface area contributed by atoms with Crippen LogP contribution in [-0.4, -0.2) is 23.8 Å². The molecule has 3 nitrogen and oxygen atoms in total. The van der Waals surface area contributed by atoms with Gasteiger partial charge in [-0.15, -0.1) is 0 Å². The smallest absolute Gasteiger partial charge is 0.0693 e. The average molecular weight is 196 g/mol. The van der Waals surface area contributed by atoms with Gasteiger partial charge in [0, 0.05) is 12.5 Å². The Morgan fingerprint density at radius 3 is 2.86 bits per heavy atom. The Morgan fingerprint density at radius 2 is 2.07 bits per heavy atom. The summed E-state index contributed by atoms with van der Waals surface area (Å²) in [5, 5.41) is 21.5. The highest BCUT2D eigenvalue weighted by atomic mass is 16.3. The summed E-state index contributed by atoms with van der Waals surface area (Å²) < 4.78 is 0. The number of rotatable bonds is 4. The van der Waals surface area contributed by atoms with Crippen molar-refractivity contribution in [3.05, 3.63) is 0 Å². The van der Waals surface area contributed by atoms with Gasteiger partial charge in [-0.1, -0.05) is 19.3 Å². The van der Waals surface area contributed by atoms with E-state index in [9.17, 15) is 5.11 Å².